The van der Waals surface area contributed by atoms with Crippen molar-refractivity contribution in [3.63, 3.8) is 0 Å². The topological polar surface area (TPSA) is 20.2 Å². The highest BCUT2D eigenvalue weighted by Crippen LogP contribution is 2.48. The standard InChI is InChI=1S/C30H32NO/c1-2-20-31(22-18-25(23-31)24-12-4-3-5-13-24)21-11-10-19-30(32)28-16-8-6-14-26(28)27-15-7-9-17-29(27)30/h3-9,12-17,25,32H,2,18-23H2,1H3/q+1/t25-,31-/m0/s1. The van der Waals surface area contributed by atoms with Gasteiger partial charge in [0.2, 0.25) is 0 Å². The predicted octanol–water partition coefficient (Wildman–Crippen LogP) is 5.71. The van der Waals surface area contributed by atoms with E-state index < -0.39 is 5.60 Å². The lowest BCUT2D eigenvalue weighted by Gasteiger charge is -2.32. The van der Waals surface area contributed by atoms with Crippen molar-refractivity contribution in [1.29, 1.82) is 0 Å². The van der Waals surface area contributed by atoms with Gasteiger partial charge in [-0.25, -0.2) is 0 Å². The molecule has 1 heterocycles. The van der Waals surface area contributed by atoms with Crippen molar-refractivity contribution < 1.29 is 9.59 Å². The van der Waals surface area contributed by atoms with Crippen molar-refractivity contribution in [3.05, 3.63) is 95.6 Å². The van der Waals surface area contributed by atoms with Gasteiger partial charge in [0.25, 0.3) is 0 Å². The number of benzene rings is 3. The average molecular weight is 423 g/mol. The maximum absolute atomic E-state index is 11.7. The van der Waals surface area contributed by atoms with Crippen LogP contribution in [0.2, 0.25) is 0 Å². The molecule has 2 aliphatic rings. The normalized spacial score (nSPS) is 22.6. The number of fused-ring (bicyclic) bond motifs is 3. The molecule has 1 aliphatic heterocycles. The molecule has 2 atom stereocenters. The van der Waals surface area contributed by atoms with Crippen LogP contribution in [0.4, 0.5) is 0 Å². The first-order chi connectivity index (χ1) is 15.7. The van der Waals surface area contributed by atoms with Crippen LogP contribution >= 0.6 is 0 Å². The molecular formula is C30H32NO+. The Bertz CT molecular complexity index is 1110. The first-order valence-electron chi connectivity index (χ1n) is 11.9. The van der Waals surface area contributed by atoms with Crippen LogP contribution in [-0.4, -0.2) is 35.8 Å². The van der Waals surface area contributed by atoms with Crippen molar-refractivity contribution >= 4 is 0 Å². The second kappa shape index (κ2) is 8.58. The highest BCUT2D eigenvalue weighted by atomic mass is 16.3. The molecular weight excluding hydrogens is 390 g/mol. The van der Waals surface area contributed by atoms with E-state index in [0.29, 0.717) is 12.3 Å². The zero-order chi connectivity index (χ0) is 22.0. The van der Waals surface area contributed by atoms with E-state index in [0.717, 1.165) is 33.3 Å². The summed E-state index contributed by atoms with van der Waals surface area (Å²) in [5, 5.41) is 11.7. The average Bonchev–Trinajstić information content (AvgIpc) is 3.37. The SMILES string of the molecule is CCC[N@+]1(CC#CCC2(O)c3ccccc3-c3ccccc32)CC[C@H](c2ccccc2)C1. The second-order valence-electron chi connectivity index (χ2n) is 9.51. The predicted molar refractivity (Wildman–Crippen MR) is 131 cm³/mol. The molecule has 1 N–H and O–H groups in total. The Morgan fingerprint density at radius 1 is 0.875 bits per heavy atom. The van der Waals surface area contributed by atoms with Gasteiger partial charge >= 0.3 is 0 Å². The van der Waals surface area contributed by atoms with Crippen LogP contribution in [0.3, 0.4) is 0 Å². The summed E-state index contributed by atoms with van der Waals surface area (Å²) >= 11 is 0. The van der Waals surface area contributed by atoms with Gasteiger partial charge in [0.15, 0.2) is 0 Å². The third-order valence-electron chi connectivity index (χ3n) is 7.45. The van der Waals surface area contributed by atoms with Crippen molar-refractivity contribution in [1.82, 2.24) is 0 Å². The summed E-state index contributed by atoms with van der Waals surface area (Å²) in [5.74, 6) is 7.53. The largest absolute Gasteiger partial charge is 0.379 e. The summed E-state index contributed by atoms with van der Waals surface area (Å²) in [6.07, 6.45) is 2.85. The van der Waals surface area contributed by atoms with E-state index in [9.17, 15) is 5.11 Å². The lowest BCUT2D eigenvalue weighted by Crippen LogP contribution is -2.46. The van der Waals surface area contributed by atoms with E-state index in [-0.39, 0.29) is 0 Å². The summed E-state index contributed by atoms with van der Waals surface area (Å²) in [7, 11) is 0. The van der Waals surface area contributed by atoms with E-state index in [2.05, 4.69) is 61.2 Å². The number of likely N-dealkylation sites (tertiary alicyclic amines) is 1. The fraction of sp³-hybridized carbons (Fsp3) is 0.333. The van der Waals surface area contributed by atoms with Crippen molar-refractivity contribution in [2.75, 3.05) is 26.2 Å². The van der Waals surface area contributed by atoms with Gasteiger partial charge in [0.1, 0.15) is 12.1 Å². The van der Waals surface area contributed by atoms with Crippen LogP contribution in [0.25, 0.3) is 11.1 Å². The maximum atomic E-state index is 11.7. The van der Waals surface area contributed by atoms with Gasteiger partial charge in [-0.2, -0.15) is 0 Å². The second-order valence-corrected chi connectivity index (χ2v) is 9.51. The first kappa shape index (κ1) is 21.0. The van der Waals surface area contributed by atoms with E-state index >= 15 is 0 Å². The van der Waals surface area contributed by atoms with Crippen molar-refractivity contribution in [2.24, 2.45) is 0 Å². The van der Waals surface area contributed by atoms with E-state index in [1.54, 1.807) is 0 Å². The van der Waals surface area contributed by atoms with Gasteiger partial charge in [-0.05, 0) is 40.2 Å². The molecule has 0 bridgehead atoms. The number of quaternary nitrogens is 1. The molecule has 2 nitrogen and oxygen atoms in total. The van der Waals surface area contributed by atoms with Gasteiger partial charge in [-0.1, -0.05) is 91.7 Å². The Kier molecular flexibility index (Phi) is 5.64. The van der Waals surface area contributed by atoms with Crippen molar-refractivity contribution in [2.45, 2.75) is 37.7 Å². The molecule has 0 unspecified atom stereocenters. The molecule has 5 rings (SSSR count). The highest BCUT2D eigenvalue weighted by molar-refractivity contribution is 5.80. The Hall–Kier alpha value is -2.86. The minimum absolute atomic E-state index is 0.440. The fourth-order valence-corrected chi connectivity index (χ4v) is 5.88. The molecule has 3 aromatic rings. The molecule has 3 aromatic carbocycles. The highest BCUT2D eigenvalue weighted by Gasteiger charge is 2.41. The smallest absolute Gasteiger partial charge is 0.140 e. The molecule has 0 spiro atoms. The Morgan fingerprint density at radius 3 is 2.16 bits per heavy atom. The molecule has 2 heteroatoms. The van der Waals surface area contributed by atoms with Gasteiger partial charge in [0.05, 0.1) is 19.6 Å². The summed E-state index contributed by atoms with van der Waals surface area (Å²) in [5.41, 5.74) is 4.67. The summed E-state index contributed by atoms with van der Waals surface area (Å²) in [4.78, 5) is 0. The molecule has 1 aliphatic carbocycles. The van der Waals surface area contributed by atoms with Crippen LogP contribution in [0, 0.1) is 11.8 Å². The zero-order valence-corrected chi connectivity index (χ0v) is 18.9. The van der Waals surface area contributed by atoms with Crippen LogP contribution in [0.15, 0.2) is 78.9 Å². The third kappa shape index (κ3) is 3.66. The quantitative estimate of drug-likeness (QED) is 0.412. The molecule has 162 valence electrons. The minimum Gasteiger partial charge on any atom is -0.379 e. The van der Waals surface area contributed by atoms with Gasteiger partial charge in [-0.15, -0.1) is 0 Å². The van der Waals surface area contributed by atoms with Crippen LogP contribution < -0.4 is 0 Å². The Balaban J connectivity index is 1.35. The number of aliphatic hydroxyl groups is 1. The molecule has 0 amide bonds. The summed E-state index contributed by atoms with van der Waals surface area (Å²) in [6, 6.07) is 27.4. The fourth-order valence-electron chi connectivity index (χ4n) is 5.88. The van der Waals surface area contributed by atoms with E-state index in [1.165, 1.54) is 38.0 Å². The van der Waals surface area contributed by atoms with E-state index in [1.807, 2.05) is 36.4 Å². The Morgan fingerprint density at radius 2 is 1.50 bits per heavy atom. The lowest BCUT2D eigenvalue weighted by atomic mass is 9.88. The van der Waals surface area contributed by atoms with Crippen LogP contribution in [0.1, 0.15) is 48.8 Å². The molecule has 0 saturated carbocycles. The number of hydrogen-bond donors (Lipinski definition) is 1. The lowest BCUT2D eigenvalue weighted by molar-refractivity contribution is -0.910. The van der Waals surface area contributed by atoms with Gasteiger partial charge < -0.3 is 9.59 Å². The van der Waals surface area contributed by atoms with Crippen LogP contribution in [0.5, 0.6) is 0 Å². The summed E-state index contributed by atoms with van der Waals surface area (Å²) in [6.45, 7) is 6.68. The van der Waals surface area contributed by atoms with Gasteiger partial charge in [-0.3, -0.25) is 0 Å². The molecule has 0 radical (unpaired) electrons. The molecule has 0 aromatic heterocycles. The Labute approximate surface area is 192 Å². The van der Waals surface area contributed by atoms with Crippen molar-refractivity contribution in [3.8, 4) is 23.0 Å². The molecule has 32 heavy (non-hydrogen) atoms. The number of nitrogens with zero attached hydrogens (tertiary/aromatic N) is 1. The molecule has 1 fully saturated rings. The summed E-state index contributed by atoms with van der Waals surface area (Å²) < 4.78 is 1.08. The monoisotopic (exact) mass is 422 g/mol. The first-order valence-corrected chi connectivity index (χ1v) is 11.9. The van der Waals surface area contributed by atoms with E-state index in [4.69, 9.17) is 0 Å². The number of hydrogen-bond acceptors (Lipinski definition) is 1. The van der Waals surface area contributed by atoms with Gasteiger partial charge in [0, 0.05) is 18.8 Å². The third-order valence-corrected chi connectivity index (χ3v) is 7.45. The maximum Gasteiger partial charge on any atom is 0.140 e. The zero-order valence-electron chi connectivity index (χ0n) is 18.9. The molecule has 1 saturated heterocycles. The minimum atomic E-state index is -1.02. The number of rotatable bonds is 5. The van der Waals surface area contributed by atoms with Crippen LogP contribution in [-0.2, 0) is 5.60 Å².